The zero-order valence-electron chi connectivity index (χ0n) is 15.9. The summed E-state index contributed by atoms with van der Waals surface area (Å²) in [4.78, 5) is 38.6. The van der Waals surface area contributed by atoms with Gasteiger partial charge in [-0.05, 0) is 13.3 Å². The Morgan fingerprint density at radius 2 is 2.04 bits per heavy atom. The van der Waals surface area contributed by atoms with Gasteiger partial charge in [0.05, 0.1) is 0 Å². The summed E-state index contributed by atoms with van der Waals surface area (Å²) in [6.45, 7) is 5.63. The number of aryl methyl sites for hydroxylation is 2. The fraction of sp³-hybridized carbons (Fsp3) is 0.667. The average Bonchev–Trinajstić information content (AvgIpc) is 3.09. The number of likely N-dealkylation sites (tertiary alicyclic amines) is 1. The number of anilines is 1. The summed E-state index contributed by atoms with van der Waals surface area (Å²) < 4.78 is 0. The smallest absolute Gasteiger partial charge is 0.319 e. The first-order valence-electron chi connectivity index (χ1n) is 9.06. The van der Waals surface area contributed by atoms with Crippen molar-refractivity contribution >= 4 is 17.8 Å². The number of hydrogen-bond donors (Lipinski definition) is 1. The second-order valence-electron chi connectivity index (χ2n) is 7.61. The number of carbonyl (C=O) groups excluding carboxylic acids is 1. The van der Waals surface area contributed by atoms with E-state index in [4.69, 9.17) is 0 Å². The summed E-state index contributed by atoms with van der Waals surface area (Å²) in [6.07, 6.45) is 1.88. The van der Waals surface area contributed by atoms with Crippen LogP contribution in [0.25, 0.3) is 0 Å². The lowest BCUT2D eigenvalue weighted by Crippen LogP contribution is -2.44. The highest BCUT2D eigenvalue weighted by Crippen LogP contribution is 2.44. The topological polar surface area (TPSA) is 89.9 Å². The molecule has 0 saturated carbocycles. The molecule has 0 aromatic carbocycles. The first-order valence-corrected chi connectivity index (χ1v) is 9.06. The Labute approximate surface area is 153 Å². The number of urea groups is 1. The molecule has 3 rings (SSSR count). The summed E-state index contributed by atoms with van der Waals surface area (Å²) in [6, 6.07) is 1.84. The summed E-state index contributed by atoms with van der Waals surface area (Å²) in [5.74, 6) is 0.561. The van der Waals surface area contributed by atoms with Crippen molar-refractivity contribution in [3.63, 3.8) is 0 Å². The third kappa shape index (κ3) is 3.08. The molecule has 3 heterocycles. The average molecular weight is 361 g/mol. The summed E-state index contributed by atoms with van der Waals surface area (Å²) in [5.41, 5.74) is 0.0518. The molecule has 2 aliphatic heterocycles. The van der Waals surface area contributed by atoms with E-state index in [0.29, 0.717) is 25.5 Å². The quantitative estimate of drug-likeness (QED) is 0.868. The number of carboxylic acid groups (broad SMARTS) is 1. The Kier molecular flexibility index (Phi) is 4.77. The maximum atomic E-state index is 12.3. The van der Waals surface area contributed by atoms with Crippen LogP contribution in [0.1, 0.15) is 24.9 Å². The molecule has 8 nitrogen and oxygen atoms in total. The molecule has 26 heavy (non-hydrogen) atoms. The third-order valence-corrected chi connectivity index (χ3v) is 5.40. The van der Waals surface area contributed by atoms with Gasteiger partial charge in [0, 0.05) is 58.0 Å². The molecular formula is C18H27N5O3. The maximum absolute atomic E-state index is 12.3. The van der Waals surface area contributed by atoms with Crippen molar-refractivity contribution in [2.75, 3.05) is 45.2 Å². The van der Waals surface area contributed by atoms with Gasteiger partial charge in [-0.25, -0.2) is 14.8 Å². The molecular weight excluding hydrogens is 334 g/mol. The van der Waals surface area contributed by atoms with Gasteiger partial charge < -0.3 is 19.8 Å². The van der Waals surface area contributed by atoms with Gasteiger partial charge in [-0.3, -0.25) is 4.79 Å². The Morgan fingerprint density at radius 3 is 2.62 bits per heavy atom. The van der Waals surface area contributed by atoms with Crippen LogP contribution in [0.5, 0.6) is 0 Å². The van der Waals surface area contributed by atoms with E-state index < -0.39 is 11.4 Å². The molecule has 0 unspecified atom stereocenters. The Bertz CT molecular complexity index is 723. The fourth-order valence-electron chi connectivity index (χ4n) is 4.13. The van der Waals surface area contributed by atoms with Crippen LogP contribution < -0.4 is 4.90 Å². The van der Waals surface area contributed by atoms with Crippen LogP contribution >= 0.6 is 0 Å². The van der Waals surface area contributed by atoms with Gasteiger partial charge >= 0.3 is 12.0 Å². The summed E-state index contributed by atoms with van der Waals surface area (Å²) in [7, 11) is 3.38. The van der Waals surface area contributed by atoms with Crippen LogP contribution in [-0.2, 0) is 11.2 Å². The van der Waals surface area contributed by atoms with E-state index >= 15 is 0 Å². The standard InChI is InChI=1S/C18H27N5O3/c1-5-6-14-7-15(20-12(2)19-14)22-8-13-9-23(17(26)21(3)4)11-18(13,10-22)16(24)25/h7,13H,5-6,8-11H2,1-4H3,(H,24,25)/t13-,18-/m0/s1. The maximum Gasteiger partial charge on any atom is 0.319 e. The number of rotatable bonds is 4. The normalized spacial score (nSPS) is 24.7. The van der Waals surface area contributed by atoms with Gasteiger partial charge in [0.2, 0.25) is 0 Å². The van der Waals surface area contributed by atoms with E-state index in [-0.39, 0.29) is 18.5 Å². The van der Waals surface area contributed by atoms with Crippen molar-refractivity contribution in [3.05, 3.63) is 17.6 Å². The van der Waals surface area contributed by atoms with E-state index in [1.165, 1.54) is 4.90 Å². The van der Waals surface area contributed by atoms with Gasteiger partial charge in [0.15, 0.2) is 0 Å². The predicted octanol–water partition coefficient (Wildman–Crippen LogP) is 1.24. The summed E-state index contributed by atoms with van der Waals surface area (Å²) in [5, 5.41) is 9.96. The number of fused-ring (bicyclic) bond motifs is 1. The van der Waals surface area contributed by atoms with Crippen molar-refractivity contribution in [1.82, 2.24) is 19.8 Å². The molecule has 2 amide bonds. The lowest BCUT2D eigenvalue weighted by Gasteiger charge is -2.27. The molecule has 142 valence electrons. The molecule has 0 radical (unpaired) electrons. The number of carbonyl (C=O) groups is 2. The molecule has 0 spiro atoms. The minimum absolute atomic E-state index is 0.103. The minimum Gasteiger partial charge on any atom is -0.481 e. The van der Waals surface area contributed by atoms with Gasteiger partial charge in [0.25, 0.3) is 0 Å². The molecule has 0 bridgehead atoms. The molecule has 1 aromatic rings. The van der Waals surface area contributed by atoms with Gasteiger partial charge in [0.1, 0.15) is 17.1 Å². The van der Waals surface area contributed by atoms with Crippen molar-refractivity contribution in [2.24, 2.45) is 11.3 Å². The van der Waals surface area contributed by atoms with Crippen LogP contribution in [0.2, 0.25) is 0 Å². The first-order chi connectivity index (χ1) is 12.3. The highest BCUT2D eigenvalue weighted by molar-refractivity contribution is 5.81. The fourth-order valence-corrected chi connectivity index (χ4v) is 4.13. The zero-order valence-corrected chi connectivity index (χ0v) is 15.9. The molecule has 1 N–H and O–H groups in total. The van der Waals surface area contributed by atoms with Crippen LogP contribution in [0.3, 0.4) is 0 Å². The highest BCUT2D eigenvalue weighted by Gasteiger charge is 2.59. The van der Waals surface area contributed by atoms with Crippen molar-refractivity contribution < 1.29 is 14.7 Å². The predicted molar refractivity (Wildman–Crippen MR) is 97.2 cm³/mol. The number of amides is 2. The summed E-state index contributed by atoms with van der Waals surface area (Å²) >= 11 is 0. The van der Waals surface area contributed by atoms with Gasteiger partial charge in [-0.2, -0.15) is 0 Å². The molecule has 1 aromatic heterocycles. The number of carboxylic acids is 1. The monoisotopic (exact) mass is 361 g/mol. The SMILES string of the molecule is CCCc1cc(N2C[C@H]3CN(C(=O)N(C)C)C[C@@]3(C(=O)O)C2)nc(C)n1. The number of aliphatic carboxylic acids is 1. The Morgan fingerprint density at radius 1 is 1.31 bits per heavy atom. The van der Waals surface area contributed by atoms with Crippen LogP contribution in [0.4, 0.5) is 10.6 Å². The van der Waals surface area contributed by atoms with Gasteiger partial charge in [-0.1, -0.05) is 13.3 Å². The van der Waals surface area contributed by atoms with E-state index in [1.54, 1.807) is 19.0 Å². The van der Waals surface area contributed by atoms with Crippen LogP contribution in [0.15, 0.2) is 6.07 Å². The van der Waals surface area contributed by atoms with Gasteiger partial charge in [-0.15, -0.1) is 0 Å². The third-order valence-electron chi connectivity index (χ3n) is 5.40. The second kappa shape index (κ2) is 6.74. The molecule has 2 saturated heterocycles. The largest absolute Gasteiger partial charge is 0.481 e. The number of hydrogen-bond acceptors (Lipinski definition) is 5. The van der Waals surface area contributed by atoms with E-state index in [9.17, 15) is 14.7 Å². The molecule has 2 atom stereocenters. The van der Waals surface area contributed by atoms with E-state index in [1.807, 2.05) is 17.9 Å². The van der Waals surface area contributed by atoms with Crippen molar-refractivity contribution in [1.29, 1.82) is 0 Å². The molecule has 0 aliphatic carbocycles. The second-order valence-corrected chi connectivity index (χ2v) is 7.61. The minimum atomic E-state index is -0.935. The lowest BCUT2D eigenvalue weighted by molar-refractivity contribution is -0.148. The van der Waals surface area contributed by atoms with Crippen molar-refractivity contribution in [3.8, 4) is 0 Å². The zero-order chi connectivity index (χ0) is 19.1. The highest BCUT2D eigenvalue weighted by atomic mass is 16.4. The Hall–Kier alpha value is -2.38. The van der Waals surface area contributed by atoms with Crippen LogP contribution in [-0.4, -0.2) is 77.1 Å². The van der Waals surface area contributed by atoms with E-state index in [0.717, 1.165) is 24.4 Å². The molecule has 8 heteroatoms. The Balaban J connectivity index is 1.85. The van der Waals surface area contributed by atoms with Crippen LogP contribution in [0, 0.1) is 18.3 Å². The number of aromatic nitrogens is 2. The van der Waals surface area contributed by atoms with E-state index in [2.05, 4.69) is 16.9 Å². The molecule has 2 aliphatic rings. The lowest BCUT2D eigenvalue weighted by atomic mass is 9.81. The molecule has 2 fully saturated rings. The first kappa shape index (κ1) is 18.4. The number of nitrogens with zero attached hydrogens (tertiary/aromatic N) is 5. The van der Waals surface area contributed by atoms with Crippen molar-refractivity contribution in [2.45, 2.75) is 26.7 Å².